The van der Waals surface area contributed by atoms with Crippen LogP contribution in [0.2, 0.25) is 0 Å². The van der Waals surface area contributed by atoms with E-state index < -0.39 is 0 Å². The van der Waals surface area contributed by atoms with Crippen LogP contribution < -0.4 is 4.90 Å². The number of piperazine rings is 1. The van der Waals surface area contributed by atoms with Gasteiger partial charge in [0.2, 0.25) is 5.95 Å². The van der Waals surface area contributed by atoms with Crippen LogP contribution in [0, 0.1) is 6.92 Å². The Kier molecular flexibility index (Phi) is 5.55. The maximum atomic E-state index is 12.8. The molecule has 5 rings (SSSR count). The fourth-order valence-corrected chi connectivity index (χ4v) is 4.27. The molecule has 34 heavy (non-hydrogen) atoms. The van der Waals surface area contributed by atoms with Gasteiger partial charge >= 0.3 is 0 Å². The molecule has 4 aromatic rings. The van der Waals surface area contributed by atoms with Gasteiger partial charge in [0.15, 0.2) is 0 Å². The Balaban J connectivity index is 1.34. The molecule has 0 unspecified atom stereocenters. The van der Waals surface area contributed by atoms with E-state index >= 15 is 0 Å². The summed E-state index contributed by atoms with van der Waals surface area (Å²) in [6.45, 7) is 11.3. The van der Waals surface area contributed by atoms with Crippen LogP contribution in [-0.4, -0.2) is 56.6 Å². The highest BCUT2D eigenvalue weighted by Crippen LogP contribution is 2.26. The van der Waals surface area contributed by atoms with Gasteiger partial charge in [0.1, 0.15) is 0 Å². The zero-order valence-electron chi connectivity index (χ0n) is 20.2. The smallest absolute Gasteiger partial charge is 0.254 e. The fourth-order valence-electron chi connectivity index (χ4n) is 4.27. The Labute approximate surface area is 200 Å². The summed E-state index contributed by atoms with van der Waals surface area (Å²) in [6, 6.07) is 18.3. The lowest BCUT2D eigenvalue weighted by Gasteiger charge is -2.34. The number of anilines is 1. The minimum atomic E-state index is 0.0743. The molecule has 174 valence electrons. The molecule has 0 radical (unpaired) electrons. The molecule has 1 fully saturated rings. The number of rotatable bonds is 3. The summed E-state index contributed by atoms with van der Waals surface area (Å²) in [6.07, 6.45) is 1.78. The van der Waals surface area contributed by atoms with Gasteiger partial charge in [0.05, 0.1) is 5.69 Å². The van der Waals surface area contributed by atoms with Gasteiger partial charge < -0.3 is 9.80 Å². The van der Waals surface area contributed by atoms with E-state index in [-0.39, 0.29) is 11.3 Å². The third-order valence-electron chi connectivity index (χ3n) is 6.42. The van der Waals surface area contributed by atoms with E-state index in [1.807, 2.05) is 46.7 Å². The first-order valence-corrected chi connectivity index (χ1v) is 11.7. The van der Waals surface area contributed by atoms with E-state index in [9.17, 15) is 4.79 Å². The van der Waals surface area contributed by atoms with Crippen molar-refractivity contribution in [2.45, 2.75) is 33.1 Å². The number of aryl methyl sites for hydroxylation is 1. The predicted molar refractivity (Wildman–Crippen MR) is 134 cm³/mol. The molecule has 3 heterocycles. The van der Waals surface area contributed by atoms with Crippen LogP contribution in [-0.2, 0) is 5.41 Å². The highest BCUT2D eigenvalue weighted by Gasteiger charge is 2.25. The molecule has 1 saturated heterocycles. The lowest BCUT2D eigenvalue weighted by atomic mass is 9.86. The summed E-state index contributed by atoms with van der Waals surface area (Å²) >= 11 is 0. The average molecular weight is 455 g/mol. The molecule has 7 heteroatoms. The number of benzene rings is 2. The highest BCUT2D eigenvalue weighted by atomic mass is 16.2. The van der Waals surface area contributed by atoms with Crippen molar-refractivity contribution >= 4 is 17.6 Å². The maximum absolute atomic E-state index is 12.8. The minimum Gasteiger partial charge on any atom is -0.336 e. The van der Waals surface area contributed by atoms with Crippen LogP contribution in [0.4, 0.5) is 5.95 Å². The van der Waals surface area contributed by atoms with Gasteiger partial charge in [-0.2, -0.15) is 9.50 Å². The number of hydrogen-bond donors (Lipinski definition) is 0. The largest absolute Gasteiger partial charge is 0.336 e. The highest BCUT2D eigenvalue weighted by molar-refractivity contribution is 5.94. The van der Waals surface area contributed by atoms with E-state index in [1.165, 1.54) is 5.56 Å². The van der Waals surface area contributed by atoms with Crippen LogP contribution in [0.5, 0.6) is 0 Å². The Morgan fingerprint density at radius 1 is 0.882 bits per heavy atom. The van der Waals surface area contributed by atoms with E-state index in [1.54, 1.807) is 6.20 Å². The second kappa shape index (κ2) is 8.56. The molecule has 1 aliphatic rings. The zero-order valence-corrected chi connectivity index (χ0v) is 20.2. The zero-order chi connectivity index (χ0) is 23.9. The summed E-state index contributed by atoms with van der Waals surface area (Å²) in [5.74, 6) is 1.30. The van der Waals surface area contributed by atoms with Gasteiger partial charge in [0.25, 0.3) is 11.7 Å². The molecule has 7 nitrogen and oxygen atoms in total. The summed E-state index contributed by atoms with van der Waals surface area (Å²) in [4.78, 5) is 26.0. The van der Waals surface area contributed by atoms with Crippen molar-refractivity contribution in [3.8, 4) is 11.3 Å². The molecule has 1 aliphatic heterocycles. The van der Waals surface area contributed by atoms with Gasteiger partial charge in [0, 0.05) is 43.5 Å². The summed E-state index contributed by atoms with van der Waals surface area (Å²) in [5.41, 5.74) is 5.31. The second-order valence-electron chi connectivity index (χ2n) is 9.93. The van der Waals surface area contributed by atoms with Crippen LogP contribution in [0.1, 0.15) is 42.3 Å². The monoisotopic (exact) mass is 454 g/mol. The third-order valence-corrected chi connectivity index (χ3v) is 6.42. The van der Waals surface area contributed by atoms with Gasteiger partial charge in [-0.15, -0.1) is 5.10 Å². The van der Waals surface area contributed by atoms with Crippen molar-refractivity contribution < 1.29 is 4.79 Å². The third kappa shape index (κ3) is 4.25. The van der Waals surface area contributed by atoms with Crippen molar-refractivity contribution in [1.82, 2.24) is 24.5 Å². The number of hydrogen-bond acceptors (Lipinski definition) is 5. The number of aromatic nitrogens is 4. The molecule has 2 aromatic heterocycles. The number of nitrogens with zero attached hydrogens (tertiary/aromatic N) is 6. The normalized spacial score (nSPS) is 14.6. The summed E-state index contributed by atoms with van der Waals surface area (Å²) < 4.78 is 1.81. The molecule has 1 amide bonds. The first-order chi connectivity index (χ1) is 16.3. The summed E-state index contributed by atoms with van der Waals surface area (Å²) in [5, 5.41) is 4.79. The molecular weight excluding hydrogens is 424 g/mol. The molecule has 2 aromatic carbocycles. The first-order valence-electron chi connectivity index (χ1n) is 11.7. The number of carbonyl (C=O) groups is 1. The Bertz CT molecular complexity index is 1310. The topological polar surface area (TPSA) is 66.6 Å². The van der Waals surface area contributed by atoms with Crippen molar-refractivity contribution in [2.75, 3.05) is 31.1 Å². The van der Waals surface area contributed by atoms with Gasteiger partial charge in [-0.1, -0.05) is 62.7 Å². The predicted octanol–water partition coefficient (Wildman–Crippen LogP) is 4.36. The molecule has 0 N–H and O–H groups in total. The molecule has 0 saturated carbocycles. The molecule has 0 aliphatic carbocycles. The number of amides is 1. The average Bonchev–Trinajstić information content (AvgIpc) is 3.28. The van der Waals surface area contributed by atoms with E-state index in [2.05, 4.69) is 59.9 Å². The summed E-state index contributed by atoms with van der Waals surface area (Å²) in [7, 11) is 0. The molecular formula is C27H30N6O. The first kappa shape index (κ1) is 22.1. The molecule has 0 bridgehead atoms. The van der Waals surface area contributed by atoms with Crippen LogP contribution in [0.25, 0.3) is 17.0 Å². The van der Waals surface area contributed by atoms with Gasteiger partial charge in [-0.25, -0.2) is 4.98 Å². The SMILES string of the molecule is Cc1ccc(C(=O)N2CCN(c3nc4nccc(-c5ccc(C(C)(C)C)cc5)n4n3)CC2)cc1. The molecule has 0 spiro atoms. The van der Waals surface area contributed by atoms with Crippen molar-refractivity contribution in [3.63, 3.8) is 0 Å². The van der Waals surface area contributed by atoms with Crippen molar-refractivity contribution in [3.05, 3.63) is 77.5 Å². The maximum Gasteiger partial charge on any atom is 0.254 e. The van der Waals surface area contributed by atoms with Crippen LogP contribution in [0.3, 0.4) is 0 Å². The van der Waals surface area contributed by atoms with Gasteiger partial charge in [-0.05, 0) is 36.1 Å². The Morgan fingerprint density at radius 2 is 1.56 bits per heavy atom. The second-order valence-corrected chi connectivity index (χ2v) is 9.93. The van der Waals surface area contributed by atoms with Crippen LogP contribution in [0.15, 0.2) is 60.8 Å². The fraction of sp³-hybridized carbons (Fsp3) is 0.333. The lowest BCUT2D eigenvalue weighted by Crippen LogP contribution is -2.49. The van der Waals surface area contributed by atoms with Crippen molar-refractivity contribution in [1.29, 1.82) is 0 Å². The quantitative estimate of drug-likeness (QED) is 0.460. The minimum absolute atomic E-state index is 0.0743. The Morgan fingerprint density at radius 3 is 2.21 bits per heavy atom. The lowest BCUT2D eigenvalue weighted by molar-refractivity contribution is 0.0746. The Hall–Kier alpha value is -3.74. The molecule has 0 atom stereocenters. The standard InChI is InChI=1S/C27H30N6O/c1-19-5-7-21(8-6-19)24(34)31-15-17-32(18-16-31)26-29-25-28-14-13-23(33(25)30-26)20-9-11-22(12-10-20)27(2,3)4/h5-14H,15-18H2,1-4H3. The van der Waals surface area contributed by atoms with E-state index in [0.29, 0.717) is 37.9 Å². The van der Waals surface area contributed by atoms with Crippen molar-refractivity contribution in [2.24, 2.45) is 0 Å². The van der Waals surface area contributed by atoms with Crippen LogP contribution >= 0.6 is 0 Å². The van der Waals surface area contributed by atoms with E-state index in [4.69, 9.17) is 5.10 Å². The number of fused-ring (bicyclic) bond motifs is 1. The number of carbonyl (C=O) groups excluding carboxylic acids is 1. The van der Waals surface area contributed by atoms with Gasteiger partial charge in [-0.3, -0.25) is 4.79 Å². The van der Waals surface area contributed by atoms with E-state index in [0.717, 1.165) is 22.4 Å².